The van der Waals surface area contributed by atoms with E-state index in [9.17, 15) is 29.1 Å². The Balaban J connectivity index is 0.000000140. The summed E-state index contributed by atoms with van der Waals surface area (Å²) >= 11 is 3.76. The van der Waals surface area contributed by atoms with Crippen molar-refractivity contribution in [2.24, 2.45) is 16.2 Å². The second-order valence-corrected chi connectivity index (χ2v) is 24.8. The first-order valence-corrected chi connectivity index (χ1v) is 30.4. The van der Waals surface area contributed by atoms with Crippen LogP contribution in [-0.2, 0) is 20.9 Å². The highest BCUT2D eigenvalue weighted by molar-refractivity contribution is 7.14. The molecule has 0 bridgehead atoms. The molecule has 3 atom stereocenters. The van der Waals surface area contributed by atoms with Crippen LogP contribution in [-0.4, -0.2) is 80.2 Å². The largest absolute Gasteiger partial charge is 0.477 e. The van der Waals surface area contributed by atoms with Gasteiger partial charge in [0.05, 0.1) is 16.2 Å². The highest BCUT2D eigenvalue weighted by Gasteiger charge is 2.48. The fourth-order valence-corrected chi connectivity index (χ4v) is 12.2. The van der Waals surface area contributed by atoms with Crippen molar-refractivity contribution in [3.63, 3.8) is 0 Å². The second kappa shape index (κ2) is 25.5. The van der Waals surface area contributed by atoms with Gasteiger partial charge >= 0.3 is 11.8 Å². The Morgan fingerprint density at radius 3 is 1.23 bits per heavy atom. The number of anilines is 3. The van der Waals surface area contributed by atoms with Crippen molar-refractivity contribution < 1.29 is 43.3 Å². The number of fused-ring (bicyclic) bond motifs is 6. The number of carboxylic acid groups (broad SMARTS) is 1. The van der Waals surface area contributed by atoms with Crippen LogP contribution in [0.2, 0.25) is 0 Å². The molecular weight excluding hydrogens is 1200 g/mol. The topological polar surface area (TPSA) is 302 Å². The van der Waals surface area contributed by atoms with E-state index in [2.05, 4.69) is 71.7 Å². The van der Waals surface area contributed by atoms with Crippen molar-refractivity contribution >= 4 is 84.8 Å². The molecule has 10 aromatic rings. The number of pyridine rings is 3. The van der Waals surface area contributed by atoms with Gasteiger partial charge < -0.3 is 45.4 Å². The molecule has 0 fully saturated rings. The molecular formula is C64H54N14O9S3. The molecule has 90 heavy (non-hydrogen) atoms. The van der Waals surface area contributed by atoms with Gasteiger partial charge in [0.2, 0.25) is 44.9 Å². The highest BCUT2D eigenvalue weighted by Crippen LogP contribution is 2.55. The van der Waals surface area contributed by atoms with E-state index in [-0.39, 0.29) is 58.6 Å². The molecule has 0 radical (unpaired) electrons. The first kappa shape index (κ1) is 60.9. The third-order valence-electron chi connectivity index (χ3n) is 15.4. The minimum absolute atomic E-state index is 0.118. The van der Waals surface area contributed by atoms with Crippen LogP contribution in [0.25, 0.3) is 4.85 Å². The molecule has 0 saturated heterocycles. The molecule has 23 nitrogen and oxygen atoms in total. The smallest absolute Gasteiger partial charge is 0.354 e. The van der Waals surface area contributed by atoms with Gasteiger partial charge in [0.15, 0.2) is 5.69 Å². The maximum atomic E-state index is 13.3. The number of amides is 4. The maximum Gasteiger partial charge on any atom is 0.354 e. The Hall–Kier alpha value is -10.8. The molecule has 6 aromatic heterocycles. The van der Waals surface area contributed by atoms with Crippen molar-refractivity contribution in [3.05, 3.63) is 218 Å². The number of nitrogens with zero attached hydrogens (tertiary/aromatic N) is 10. The Bertz CT molecular complexity index is 4370. The molecule has 3 aliphatic heterocycles. The van der Waals surface area contributed by atoms with E-state index in [1.807, 2.05) is 151 Å². The van der Waals surface area contributed by atoms with Gasteiger partial charge in [-0.3, -0.25) is 19.2 Å². The third-order valence-corrected chi connectivity index (χ3v) is 17.2. The summed E-state index contributed by atoms with van der Waals surface area (Å²) in [5.41, 5.74) is 7.94. The van der Waals surface area contributed by atoms with Gasteiger partial charge in [0.25, 0.3) is 11.7 Å². The van der Waals surface area contributed by atoms with Crippen molar-refractivity contribution in [1.82, 2.24) is 50.9 Å². The van der Waals surface area contributed by atoms with Crippen molar-refractivity contribution in [3.8, 4) is 34.9 Å². The molecule has 4 amide bonds. The van der Waals surface area contributed by atoms with Gasteiger partial charge in [-0.05, 0) is 42.0 Å². The lowest BCUT2D eigenvalue weighted by Gasteiger charge is -2.37. The molecule has 13 rings (SSSR count). The third kappa shape index (κ3) is 12.5. The number of aromatic carboxylic acids is 1. The second-order valence-electron chi connectivity index (χ2n) is 22.3. The Labute approximate surface area is 526 Å². The lowest BCUT2D eigenvalue weighted by Crippen LogP contribution is -2.38. The van der Waals surface area contributed by atoms with E-state index >= 15 is 0 Å². The van der Waals surface area contributed by atoms with Crippen LogP contribution in [0, 0.1) is 22.8 Å². The Morgan fingerprint density at radius 1 is 0.478 bits per heavy atom. The number of hydrogen-bond acceptors (Lipinski definition) is 20. The predicted molar refractivity (Wildman–Crippen MR) is 336 cm³/mol. The molecule has 0 aliphatic carbocycles. The first-order valence-electron chi connectivity index (χ1n) is 27.8. The minimum Gasteiger partial charge on any atom is -0.477 e. The van der Waals surface area contributed by atoms with Crippen LogP contribution in [0.15, 0.2) is 156 Å². The van der Waals surface area contributed by atoms with Gasteiger partial charge in [-0.25, -0.2) is 14.8 Å². The zero-order valence-electron chi connectivity index (χ0n) is 48.9. The van der Waals surface area contributed by atoms with Gasteiger partial charge in [-0.2, -0.15) is 0 Å². The zero-order valence-corrected chi connectivity index (χ0v) is 51.3. The van der Waals surface area contributed by atoms with Gasteiger partial charge in [0, 0.05) is 57.7 Å². The molecule has 0 unspecified atom stereocenters. The fraction of sp³-hybridized carbons (Fsp3) is 0.203. The summed E-state index contributed by atoms with van der Waals surface area (Å²) in [5, 5.41) is 44.9. The molecule has 0 spiro atoms. The summed E-state index contributed by atoms with van der Waals surface area (Å²) < 4.78 is 17.9. The van der Waals surface area contributed by atoms with Crippen LogP contribution >= 0.6 is 34.0 Å². The maximum absolute atomic E-state index is 13.3. The summed E-state index contributed by atoms with van der Waals surface area (Å²) in [6.07, 6.45) is 0. The van der Waals surface area contributed by atoms with Crippen LogP contribution in [0.5, 0.6) is 34.9 Å². The molecule has 3 aliphatic rings. The standard InChI is InChI=1S/C26H23N5O3S.C19H15N5O2S.C19H16N4O4S/c1-26(2,24(33)30-25-31-28-15-35-25)21-17-10-6-7-11-20(17)34-23-18(21)12-13-19(29-23)22(32)27-14-16-8-4-3-5-9-16;1-19(2,17(25)23-18-24-21-10-27-18)15-11-6-4-5-7-13(11)26-16-12(15)8-9-14(20-3)22-16;1-19(2,17(26)22-18-23-20-9-28-18)14-10-5-3-4-6-13(10)27-15-11(14)7-8-12(21-15)16(24)25/h3-13,15,21H,14H2,1-2H3,(H,27,32)(H,30,31,33);4-10,15H,1-2H3,(H,23,24,25);3-9,14H,1-2H3,(H,24,25)(H,22,23,26)/t21-;15-;14-/m000/s1. The average Bonchev–Trinajstić information content (AvgIpc) is 0.793. The van der Waals surface area contributed by atoms with Gasteiger partial charge in [0.1, 0.15) is 39.5 Å². The number of nitrogens with one attached hydrogen (secondary N) is 4. The summed E-state index contributed by atoms with van der Waals surface area (Å²) in [7, 11) is 0. The summed E-state index contributed by atoms with van der Waals surface area (Å²) in [4.78, 5) is 80.0. The molecule has 9 heterocycles. The van der Waals surface area contributed by atoms with E-state index in [0.29, 0.717) is 56.5 Å². The van der Waals surface area contributed by atoms with Crippen molar-refractivity contribution in [2.75, 3.05) is 16.0 Å². The molecule has 452 valence electrons. The summed E-state index contributed by atoms with van der Waals surface area (Å²) in [6.45, 7) is 18.7. The van der Waals surface area contributed by atoms with Gasteiger partial charge in [-0.1, -0.05) is 190 Å². The molecule has 26 heteroatoms. The summed E-state index contributed by atoms with van der Waals surface area (Å²) in [6, 6.07) is 42.2. The normalized spacial score (nSPS) is 14.8. The van der Waals surface area contributed by atoms with E-state index in [1.54, 1.807) is 40.8 Å². The number of carbonyl (C=O) groups is 5. The predicted octanol–water partition coefficient (Wildman–Crippen LogP) is 12.7. The van der Waals surface area contributed by atoms with Crippen molar-refractivity contribution in [2.45, 2.75) is 65.8 Å². The van der Waals surface area contributed by atoms with Gasteiger partial charge in [-0.15, -0.1) is 30.6 Å². The number of para-hydroxylation sites is 3. The first-order chi connectivity index (χ1) is 43.3. The lowest BCUT2D eigenvalue weighted by atomic mass is 9.69. The Morgan fingerprint density at radius 2 is 0.844 bits per heavy atom. The molecule has 4 aromatic carbocycles. The lowest BCUT2D eigenvalue weighted by molar-refractivity contribution is -0.125. The van der Waals surface area contributed by atoms with Crippen LogP contribution in [0.1, 0.15) is 119 Å². The quantitative estimate of drug-likeness (QED) is 0.0670. The van der Waals surface area contributed by atoms with E-state index in [1.165, 1.54) is 40.1 Å². The number of aromatic nitrogens is 9. The van der Waals surface area contributed by atoms with E-state index in [4.69, 9.17) is 20.8 Å². The number of hydrogen-bond donors (Lipinski definition) is 5. The van der Waals surface area contributed by atoms with E-state index < -0.39 is 28.1 Å². The SMILES string of the molecule is CC(C)(C(=O)Nc1nncs1)[C@H]1c2ccccc2Oc2nc(C(=O)NCc3ccccc3)ccc21.CC(C)(C(=O)Nc1nncs1)[C@H]1c2ccccc2Oc2nc(C(=O)O)ccc21.[C-]#[N+]c1ccc2c(n1)Oc1ccccc1[C@@H]2C(C)(C)C(=O)Nc1nncs1. The van der Waals surface area contributed by atoms with E-state index in [0.717, 1.165) is 33.4 Å². The number of carbonyl (C=O) groups excluding carboxylic acids is 4. The number of rotatable bonds is 13. The monoisotopic (exact) mass is 1260 g/mol. The van der Waals surface area contributed by atoms with Crippen LogP contribution < -0.4 is 35.5 Å². The van der Waals surface area contributed by atoms with Crippen LogP contribution in [0.4, 0.5) is 21.2 Å². The van der Waals surface area contributed by atoms with Crippen LogP contribution in [0.3, 0.4) is 0 Å². The van der Waals surface area contributed by atoms with Crippen molar-refractivity contribution in [1.29, 1.82) is 0 Å². The highest BCUT2D eigenvalue weighted by atomic mass is 32.1. The Kier molecular flexibility index (Phi) is 17.3. The average molecular weight is 1260 g/mol. The molecule has 5 N–H and O–H groups in total. The molecule has 0 saturated carbocycles. The number of benzene rings is 4. The number of carboxylic acids is 1. The minimum atomic E-state index is -1.14. The fourth-order valence-electron chi connectivity index (χ4n) is 10.9. The zero-order chi connectivity index (χ0) is 63.3. The number of ether oxygens (including phenoxy) is 3. The summed E-state index contributed by atoms with van der Waals surface area (Å²) in [5.74, 6) is -0.182.